The molecule has 0 aromatic heterocycles. The quantitative estimate of drug-likeness (QED) is 0.806. The van der Waals surface area contributed by atoms with Gasteiger partial charge in [0.25, 0.3) is 5.91 Å². The standard InChI is InChI=1S/C13H16ClNO3/c1-18-12-5-4-9(6-11(12)16)13(17)15-7-10(14)8-2-3-8/h4-6,8,10,16H,2-3,7H2,1H3,(H,15,17). The molecule has 1 saturated carbocycles. The van der Waals surface area contributed by atoms with Crippen LogP contribution in [-0.4, -0.2) is 30.0 Å². The van der Waals surface area contributed by atoms with Gasteiger partial charge in [-0.3, -0.25) is 4.79 Å². The Hall–Kier alpha value is -1.42. The number of methoxy groups -OCH3 is 1. The lowest BCUT2D eigenvalue weighted by atomic mass is 10.2. The van der Waals surface area contributed by atoms with E-state index >= 15 is 0 Å². The number of hydrogen-bond acceptors (Lipinski definition) is 3. The van der Waals surface area contributed by atoms with E-state index in [4.69, 9.17) is 16.3 Å². The maximum Gasteiger partial charge on any atom is 0.251 e. The third-order valence-corrected chi connectivity index (χ3v) is 3.54. The minimum absolute atomic E-state index is 0.000736. The second kappa shape index (κ2) is 5.48. The SMILES string of the molecule is COc1ccc(C(=O)NCC(Cl)C2CC2)cc1O. The van der Waals surface area contributed by atoms with E-state index in [2.05, 4.69) is 5.32 Å². The molecule has 1 aliphatic rings. The van der Waals surface area contributed by atoms with Crippen LogP contribution in [0.5, 0.6) is 11.5 Å². The molecule has 0 radical (unpaired) electrons. The molecule has 1 unspecified atom stereocenters. The number of aromatic hydroxyl groups is 1. The van der Waals surface area contributed by atoms with Crippen molar-refractivity contribution in [2.45, 2.75) is 18.2 Å². The Morgan fingerprint density at radius 1 is 1.61 bits per heavy atom. The van der Waals surface area contributed by atoms with Crippen molar-refractivity contribution in [3.05, 3.63) is 23.8 Å². The number of ether oxygens (including phenoxy) is 1. The highest BCUT2D eigenvalue weighted by Gasteiger charge is 2.29. The number of amides is 1. The average Bonchev–Trinajstić information content (AvgIpc) is 3.19. The van der Waals surface area contributed by atoms with E-state index in [1.165, 1.54) is 13.2 Å². The fourth-order valence-electron chi connectivity index (χ4n) is 1.75. The second-order valence-electron chi connectivity index (χ2n) is 4.45. The van der Waals surface area contributed by atoms with Crippen LogP contribution >= 0.6 is 11.6 Å². The number of nitrogens with one attached hydrogen (secondary N) is 1. The molecule has 18 heavy (non-hydrogen) atoms. The summed E-state index contributed by atoms with van der Waals surface area (Å²) in [6.45, 7) is 0.456. The number of rotatable bonds is 5. The van der Waals surface area contributed by atoms with Crippen LogP contribution < -0.4 is 10.1 Å². The van der Waals surface area contributed by atoms with Crippen LogP contribution in [0.15, 0.2) is 18.2 Å². The summed E-state index contributed by atoms with van der Waals surface area (Å²) >= 11 is 6.10. The van der Waals surface area contributed by atoms with Gasteiger partial charge in [0.2, 0.25) is 0 Å². The number of carbonyl (C=O) groups excluding carboxylic acids is 1. The molecule has 4 nitrogen and oxygen atoms in total. The molecule has 0 spiro atoms. The topological polar surface area (TPSA) is 58.6 Å². The van der Waals surface area contributed by atoms with Gasteiger partial charge in [0, 0.05) is 12.1 Å². The summed E-state index contributed by atoms with van der Waals surface area (Å²) in [4.78, 5) is 11.8. The van der Waals surface area contributed by atoms with Crippen LogP contribution in [-0.2, 0) is 0 Å². The van der Waals surface area contributed by atoms with Gasteiger partial charge in [-0.05, 0) is 37.0 Å². The Balaban J connectivity index is 1.93. The van der Waals surface area contributed by atoms with Crippen LogP contribution in [0.4, 0.5) is 0 Å². The largest absolute Gasteiger partial charge is 0.504 e. The molecule has 0 aliphatic heterocycles. The fraction of sp³-hybridized carbons (Fsp3) is 0.462. The minimum Gasteiger partial charge on any atom is -0.504 e. The summed E-state index contributed by atoms with van der Waals surface area (Å²) in [5.41, 5.74) is 0.396. The van der Waals surface area contributed by atoms with Gasteiger partial charge in [-0.25, -0.2) is 0 Å². The molecule has 0 heterocycles. The highest BCUT2D eigenvalue weighted by atomic mass is 35.5. The van der Waals surface area contributed by atoms with Gasteiger partial charge in [-0.15, -0.1) is 11.6 Å². The van der Waals surface area contributed by atoms with Crippen LogP contribution in [0.25, 0.3) is 0 Å². The molecule has 98 valence electrons. The molecule has 2 N–H and O–H groups in total. The van der Waals surface area contributed by atoms with Gasteiger partial charge in [0.05, 0.1) is 12.5 Å². The molecule has 2 rings (SSSR count). The van der Waals surface area contributed by atoms with Crippen molar-refractivity contribution in [2.75, 3.05) is 13.7 Å². The molecule has 1 amide bonds. The Bertz CT molecular complexity index is 446. The smallest absolute Gasteiger partial charge is 0.251 e. The summed E-state index contributed by atoms with van der Waals surface area (Å²) in [6.07, 6.45) is 2.29. The van der Waals surface area contributed by atoms with Gasteiger partial charge < -0.3 is 15.2 Å². The number of phenols is 1. The fourth-order valence-corrected chi connectivity index (χ4v) is 2.08. The third-order valence-electron chi connectivity index (χ3n) is 3.03. The van der Waals surface area contributed by atoms with Crippen molar-refractivity contribution in [2.24, 2.45) is 5.92 Å². The Kier molecular flexibility index (Phi) is 3.97. The Labute approximate surface area is 111 Å². The van der Waals surface area contributed by atoms with E-state index in [-0.39, 0.29) is 17.0 Å². The first-order valence-electron chi connectivity index (χ1n) is 5.91. The molecule has 1 fully saturated rings. The van der Waals surface area contributed by atoms with Gasteiger partial charge >= 0.3 is 0 Å². The molecule has 1 atom stereocenters. The lowest BCUT2D eigenvalue weighted by molar-refractivity contribution is 0.0952. The average molecular weight is 270 g/mol. The van der Waals surface area contributed by atoms with Gasteiger partial charge in [0.1, 0.15) is 0 Å². The van der Waals surface area contributed by atoms with E-state index in [9.17, 15) is 9.90 Å². The van der Waals surface area contributed by atoms with Crippen molar-refractivity contribution in [1.82, 2.24) is 5.32 Å². The maximum atomic E-state index is 11.8. The number of phenolic OH excluding ortho intramolecular Hbond substituents is 1. The Morgan fingerprint density at radius 3 is 2.89 bits per heavy atom. The number of halogens is 1. The molecular formula is C13H16ClNO3. The molecule has 1 aromatic carbocycles. The zero-order valence-corrected chi connectivity index (χ0v) is 10.9. The van der Waals surface area contributed by atoms with Crippen LogP contribution in [0.3, 0.4) is 0 Å². The summed E-state index contributed by atoms with van der Waals surface area (Å²) in [5, 5.41) is 12.3. The first-order valence-corrected chi connectivity index (χ1v) is 6.34. The first kappa shape index (κ1) is 13.0. The number of carbonyl (C=O) groups is 1. The van der Waals surface area contributed by atoms with Crippen molar-refractivity contribution in [1.29, 1.82) is 0 Å². The summed E-state index contributed by atoms with van der Waals surface area (Å²) < 4.78 is 4.91. The second-order valence-corrected chi connectivity index (χ2v) is 5.01. The highest BCUT2D eigenvalue weighted by molar-refractivity contribution is 6.21. The van der Waals surface area contributed by atoms with Crippen molar-refractivity contribution in [3.8, 4) is 11.5 Å². The molecular weight excluding hydrogens is 254 g/mol. The number of hydrogen-bond donors (Lipinski definition) is 2. The van der Waals surface area contributed by atoms with Crippen molar-refractivity contribution in [3.63, 3.8) is 0 Å². The monoisotopic (exact) mass is 269 g/mol. The van der Waals surface area contributed by atoms with Crippen molar-refractivity contribution >= 4 is 17.5 Å². The lowest BCUT2D eigenvalue weighted by Crippen LogP contribution is -2.30. The van der Waals surface area contributed by atoms with E-state index < -0.39 is 0 Å². The number of benzene rings is 1. The normalized spacial score (nSPS) is 16.1. The lowest BCUT2D eigenvalue weighted by Gasteiger charge is -2.10. The van der Waals surface area contributed by atoms with Gasteiger partial charge in [-0.2, -0.15) is 0 Å². The molecule has 1 aromatic rings. The van der Waals surface area contributed by atoms with Crippen LogP contribution in [0, 0.1) is 5.92 Å². The van der Waals surface area contributed by atoms with E-state index in [1.807, 2.05) is 0 Å². The van der Waals surface area contributed by atoms with Gasteiger partial charge in [0.15, 0.2) is 11.5 Å². The van der Waals surface area contributed by atoms with E-state index in [0.29, 0.717) is 23.8 Å². The molecule has 5 heteroatoms. The summed E-state index contributed by atoms with van der Waals surface area (Å²) in [7, 11) is 1.46. The first-order chi connectivity index (χ1) is 8.61. The van der Waals surface area contributed by atoms with Crippen LogP contribution in [0.2, 0.25) is 0 Å². The third kappa shape index (κ3) is 3.07. The molecule has 0 saturated heterocycles. The minimum atomic E-state index is -0.237. The summed E-state index contributed by atoms with van der Waals surface area (Å²) in [6, 6.07) is 4.55. The van der Waals surface area contributed by atoms with E-state index in [1.54, 1.807) is 12.1 Å². The number of alkyl halides is 1. The predicted molar refractivity (Wildman–Crippen MR) is 69.4 cm³/mol. The van der Waals surface area contributed by atoms with Crippen LogP contribution in [0.1, 0.15) is 23.2 Å². The zero-order valence-electron chi connectivity index (χ0n) is 10.1. The van der Waals surface area contributed by atoms with Gasteiger partial charge in [-0.1, -0.05) is 0 Å². The van der Waals surface area contributed by atoms with E-state index in [0.717, 1.165) is 12.8 Å². The zero-order chi connectivity index (χ0) is 13.1. The predicted octanol–water partition coefficient (Wildman–Crippen LogP) is 2.15. The Morgan fingerprint density at radius 2 is 2.33 bits per heavy atom. The maximum absolute atomic E-state index is 11.8. The summed E-state index contributed by atoms with van der Waals surface area (Å²) in [5.74, 6) is 0.602. The molecule has 0 bridgehead atoms. The molecule has 1 aliphatic carbocycles. The van der Waals surface area contributed by atoms with Crippen molar-refractivity contribution < 1.29 is 14.6 Å². The highest BCUT2D eigenvalue weighted by Crippen LogP contribution is 2.35.